The van der Waals surface area contributed by atoms with E-state index in [-0.39, 0.29) is 24.4 Å². The summed E-state index contributed by atoms with van der Waals surface area (Å²) < 4.78 is 11.0. The van der Waals surface area contributed by atoms with Crippen molar-refractivity contribution in [1.29, 1.82) is 0 Å². The molecule has 1 aliphatic carbocycles. The van der Waals surface area contributed by atoms with Gasteiger partial charge in [0.2, 0.25) is 0 Å². The summed E-state index contributed by atoms with van der Waals surface area (Å²) in [5.41, 5.74) is 4.70. The third-order valence-electron chi connectivity index (χ3n) is 5.53. The van der Waals surface area contributed by atoms with E-state index in [0.717, 1.165) is 11.1 Å². The summed E-state index contributed by atoms with van der Waals surface area (Å²) in [7, 11) is 0. The van der Waals surface area contributed by atoms with Gasteiger partial charge in [-0.05, 0) is 41.5 Å². The minimum absolute atomic E-state index is 0.00516. The van der Waals surface area contributed by atoms with Crippen LogP contribution in [0.5, 0.6) is 0 Å². The molecule has 1 heterocycles. The molecule has 28 heavy (non-hydrogen) atoms. The molecule has 4 rings (SSSR count). The van der Waals surface area contributed by atoms with Crippen molar-refractivity contribution < 1.29 is 19.1 Å². The largest absolute Gasteiger partial charge is 0.448 e. The van der Waals surface area contributed by atoms with Crippen LogP contribution in [0, 0.1) is 5.92 Å². The zero-order valence-corrected chi connectivity index (χ0v) is 16.4. The Labute approximate surface area is 165 Å². The number of carbonyl (C=O) groups is 2. The summed E-state index contributed by atoms with van der Waals surface area (Å²) in [6.45, 7) is 5.98. The third-order valence-corrected chi connectivity index (χ3v) is 5.53. The molecule has 0 spiro atoms. The highest BCUT2D eigenvalue weighted by Gasteiger charge is 2.44. The van der Waals surface area contributed by atoms with Gasteiger partial charge in [-0.2, -0.15) is 0 Å². The van der Waals surface area contributed by atoms with Crippen LogP contribution in [-0.4, -0.2) is 35.8 Å². The zero-order valence-electron chi connectivity index (χ0n) is 16.4. The molecule has 1 fully saturated rings. The van der Waals surface area contributed by atoms with E-state index in [1.165, 1.54) is 16.0 Å². The maximum Gasteiger partial charge on any atom is 0.413 e. The second-order valence-corrected chi connectivity index (χ2v) is 7.89. The van der Waals surface area contributed by atoms with Crippen LogP contribution in [0.4, 0.5) is 4.79 Å². The van der Waals surface area contributed by atoms with Crippen LogP contribution in [0.1, 0.15) is 44.2 Å². The van der Waals surface area contributed by atoms with Gasteiger partial charge in [-0.15, -0.1) is 0 Å². The standard InChI is InChI=1S/C23H25NO4/c1-14(2)12-21-22(25)28-15(3)24(21)23(26)27-13-20-18-10-6-4-8-16(18)17-9-5-7-11-19(17)20/h4-11,14-15,20-21H,12-13H2,1-3H3/t15?,21-/m0/s1. The first-order valence-corrected chi connectivity index (χ1v) is 9.81. The van der Waals surface area contributed by atoms with E-state index in [1.807, 2.05) is 38.1 Å². The molecule has 1 saturated heterocycles. The highest BCUT2D eigenvalue weighted by molar-refractivity contribution is 5.84. The number of fused-ring (bicyclic) bond motifs is 3. The number of esters is 1. The fourth-order valence-electron chi connectivity index (χ4n) is 4.27. The molecule has 0 radical (unpaired) electrons. The van der Waals surface area contributed by atoms with Gasteiger partial charge in [-0.25, -0.2) is 9.59 Å². The van der Waals surface area contributed by atoms with E-state index < -0.39 is 18.4 Å². The number of benzene rings is 2. The van der Waals surface area contributed by atoms with Crippen molar-refractivity contribution in [2.45, 2.75) is 45.4 Å². The molecule has 5 heteroatoms. The van der Waals surface area contributed by atoms with Crippen LogP contribution in [0.2, 0.25) is 0 Å². The average molecular weight is 379 g/mol. The maximum atomic E-state index is 12.8. The lowest BCUT2D eigenvalue weighted by molar-refractivity contribution is -0.142. The molecule has 5 nitrogen and oxygen atoms in total. The van der Waals surface area contributed by atoms with Crippen LogP contribution in [0.3, 0.4) is 0 Å². The predicted octanol–water partition coefficient (Wildman–Crippen LogP) is 4.56. The monoisotopic (exact) mass is 379 g/mol. The van der Waals surface area contributed by atoms with Gasteiger partial charge in [0.15, 0.2) is 6.23 Å². The van der Waals surface area contributed by atoms with Crippen LogP contribution in [0.15, 0.2) is 48.5 Å². The van der Waals surface area contributed by atoms with Gasteiger partial charge in [0.05, 0.1) is 0 Å². The fourth-order valence-corrected chi connectivity index (χ4v) is 4.27. The molecule has 1 aliphatic heterocycles. The molecule has 1 unspecified atom stereocenters. The van der Waals surface area contributed by atoms with Crippen molar-refractivity contribution in [3.8, 4) is 11.1 Å². The van der Waals surface area contributed by atoms with Crippen LogP contribution in [0.25, 0.3) is 11.1 Å². The van der Waals surface area contributed by atoms with Crippen molar-refractivity contribution in [1.82, 2.24) is 4.90 Å². The number of hydrogen-bond acceptors (Lipinski definition) is 4. The molecule has 0 N–H and O–H groups in total. The number of hydrogen-bond donors (Lipinski definition) is 0. The van der Waals surface area contributed by atoms with Gasteiger partial charge in [0.25, 0.3) is 0 Å². The maximum absolute atomic E-state index is 12.8. The van der Waals surface area contributed by atoms with Gasteiger partial charge in [0, 0.05) is 5.92 Å². The van der Waals surface area contributed by atoms with E-state index in [9.17, 15) is 9.59 Å². The van der Waals surface area contributed by atoms with E-state index in [2.05, 4.69) is 24.3 Å². The van der Waals surface area contributed by atoms with Crippen molar-refractivity contribution >= 4 is 12.1 Å². The molecular formula is C23H25NO4. The van der Waals surface area contributed by atoms with Crippen LogP contribution < -0.4 is 0 Å². The van der Waals surface area contributed by atoms with Crippen molar-refractivity contribution in [3.05, 3.63) is 59.7 Å². The van der Waals surface area contributed by atoms with E-state index in [1.54, 1.807) is 6.92 Å². The molecular weight excluding hydrogens is 354 g/mol. The van der Waals surface area contributed by atoms with Gasteiger partial charge in [0.1, 0.15) is 12.6 Å². The molecule has 0 saturated carbocycles. The Bertz CT molecular complexity index is 861. The van der Waals surface area contributed by atoms with E-state index >= 15 is 0 Å². The first-order chi connectivity index (χ1) is 13.5. The average Bonchev–Trinajstić information content (AvgIpc) is 3.13. The topological polar surface area (TPSA) is 55.8 Å². The molecule has 1 amide bonds. The number of rotatable bonds is 4. The van der Waals surface area contributed by atoms with Crippen molar-refractivity contribution in [2.75, 3.05) is 6.61 Å². The second-order valence-electron chi connectivity index (χ2n) is 7.89. The number of carbonyl (C=O) groups excluding carboxylic acids is 2. The molecule has 2 aromatic carbocycles. The van der Waals surface area contributed by atoms with Gasteiger partial charge < -0.3 is 9.47 Å². The SMILES string of the molecule is CC(C)C[C@H]1C(=O)OC(C)N1C(=O)OCC1c2ccccc2-c2ccccc21. The smallest absolute Gasteiger partial charge is 0.413 e. The van der Waals surface area contributed by atoms with Gasteiger partial charge >= 0.3 is 12.1 Å². The first kappa shape index (κ1) is 18.5. The predicted molar refractivity (Wildman–Crippen MR) is 106 cm³/mol. The molecule has 0 bridgehead atoms. The Kier molecular flexibility index (Phi) is 4.84. The number of cyclic esters (lactones) is 1. The summed E-state index contributed by atoms with van der Waals surface area (Å²) in [6, 6.07) is 15.9. The summed E-state index contributed by atoms with van der Waals surface area (Å²) >= 11 is 0. The highest BCUT2D eigenvalue weighted by Crippen LogP contribution is 2.44. The number of nitrogens with zero attached hydrogens (tertiary/aromatic N) is 1. The Morgan fingerprint density at radius 1 is 1.07 bits per heavy atom. The Morgan fingerprint density at radius 2 is 1.64 bits per heavy atom. The second kappa shape index (κ2) is 7.30. The third kappa shape index (κ3) is 3.15. The van der Waals surface area contributed by atoms with E-state index in [0.29, 0.717) is 6.42 Å². The molecule has 0 aromatic heterocycles. The van der Waals surface area contributed by atoms with Crippen LogP contribution in [-0.2, 0) is 14.3 Å². The summed E-state index contributed by atoms with van der Waals surface area (Å²) in [5.74, 6) is -0.0872. The lowest BCUT2D eigenvalue weighted by Gasteiger charge is -2.25. The Morgan fingerprint density at radius 3 is 2.21 bits per heavy atom. The quantitative estimate of drug-likeness (QED) is 0.731. The lowest BCUT2D eigenvalue weighted by atomic mass is 9.98. The normalized spacial score (nSPS) is 20.9. The summed E-state index contributed by atoms with van der Waals surface area (Å²) in [5, 5.41) is 0. The Hall–Kier alpha value is -2.82. The minimum atomic E-state index is -0.605. The zero-order chi connectivity index (χ0) is 19.8. The minimum Gasteiger partial charge on any atom is -0.448 e. The van der Waals surface area contributed by atoms with Crippen LogP contribution >= 0.6 is 0 Å². The fraction of sp³-hybridized carbons (Fsp3) is 0.391. The van der Waals surface area contributed by atoms with E-state index in [4.69, 9.17) is 9.47 Å². The molecule has 2 atom stereocenters. The first-order valence-electron chi connectivity index (χ1n) is 9.81. The lowest BCUT2D eigenvalue weighted by Crippen LogP contribution is -2.43. The molecule has 2 aliphatic rings. The Balaban J connectivity index is 1.53. The molecule has 2 aromatic rings. The summed E-state index contributed by atoms with van der Waals surface area (Å²) in [4.78, 5) is 26.4. The van der Waals surface area contributed by atoms with Gasteiger partial charge in [-0.1, -0.05) is 62.4 Å². The van der Waals surface area contributed by atoms with Crippen molar-refractivity contribution in [2.24, 2.45) is 5.92 Å². The van der Waals surface area contributed by atoms with Gasteiger partial charge in [-0.3, -0.25) is 4.90 Å². The van der Waals surface area contributed by atoms with Crippen molar-refractivity contribution in [3.63, 3.8) is 0 Å². The number of amides is 1. The number of ether oxygens (including phenoxy) is 2. The highest BCUT2D eigenvalue weighted by atomic mass is 16.6. The summed E-state index contributed by atoms with van der Waals surface area (Å²) in [6.07, 6.45) is -0.536. The molecule has 146 valence electrons.